The summed E-state index contributed by atoms with van der Waals surface area (Å²) in [5.74, 6) is 0. The molecule has 1 aliphatic rings. The highest BCUT2D eigenvalue weighted by Gasteiger charge is 2.32. The fourth-order valence-electron chi connectivity index (χ4n) is 18.3. The Balaban J connectivity index is 0.987. The number of para-hydroxylation sites is 8. The first kappa shape index (κ1) is 53.9. The Bertz CT molecular complexity index is 6320. The van der Waals surface area contributed by atoms with Crippen molar-refractivity contribution >= 4 is 152 Å². The molecular weight excluding hydrogens is 1210 g/mol. The normalized spacial score (nSPS) is 12.4. The first-order valence-electron chi connectivity index (χ1n) is 34.7. The van der Waals surface area contributed by atoms with Crippen LogP contribution in [0.1, 0.15) is 0 Å². The molecule has 0 unspecified atom stereocenters. The quantitative estimate of drug-likeness (QED) is 0.157. The van der Waals surface area contributed by atoms with Crippen molar-refractivity contribution < 1.29 is 0 Å². The molecule has 4 heteroatoms. The van der Waals surface area contributed by atoms with Crippen molar-refractivity contribution in [3.63, 3.8) is 0 Å². The van der Waals surface area contributed by atoms with Gasteiger partial charge in [0.05, 0.1) is 66.9 Å². The van der Waals surface area contributed by atoms with Gasteiger partial charge in [-0.2, -0.15) is 0 Å². The highest BCUT2D eigenvalue weighted by molar-refractivity contribution is 6.30. The van der Waals surface area contributed by atoms with Gasteiger partial charge in [0.1, 0.15) is 0 Å². The van der Waals surface area contributed by atoms with Gasteiger partial charge >= 0.3 is 0 Å². The van der Waals surface area contributed by atoms with Crippen molar-refractivity contribution in [1.82, 2.24) is 18.3 Å². The highest BCUT2D eigenvalue weighted by atomic mass is 15.1. The monoisotopic (exact) mass is 1260 g/mol. The SMILES string of the molecule is c1ccc2c(c1)c1ccccc1c1cc3c(cc21)-c1cc(-n2c4ccccc4c4ccccc42)c(-n2c4ccccc4c4ccccc42)cc1-c1cc2c4ccccc4c4ccccc4c2cc1-c1cc(-n2c4ccccc4c4ccccc42)c(-n2c4ccccc4c4ccccc42)cc1-3. The van der Waals surface area contributed by atoms with Crippen molar-refractivity contribution in [2.24, 2.45) is 0 Å². The van der Waals surface area contributed by atoms with Crippen LogP contribution < -0.4 is 0 Å². The molecule has 0 bridgehead atoms. The van der Waals surface area contributed by atoms with E-state index in [4.69, 9.17) is 0 Å². The van der Waals surface area contributed by atoms with Gasteiger partial charge in [0.25, 0.3) is 0 Å². The maximum Gasteiger partial charge on any atom is 0.0709 e. The molecule has 18 aromatic carbocycles. The summed E-state index contributed by atoms with van der Waals surface area (Å²) in [6.07, 6.45) is 0. The summed E-state index contributed by atoms with van der Waals surface area (Å²) < 4.78 is 10.3. The third-order valence-electron chi connectivity index (χ3n) is 22.4. The Labute approximate surface area is 573 Å². The average molecular weight is 1270 g/mol. The van der Waals surface area contributed by atoms with Crippen LogP contribution >= 0.6 is 0 Å². The van der Waals surface area contributed by atoms with Crippen molar-refractivity contribution in [2.75, 3.05) is 0 Å². The Hall–Kier alpha value is -13.3. The molecule has 4 heterocycles. The van der Waals surface area contributed by atoms with Gasteiger partial charge in [0.15, 0.2) is 0 Å². The summed E-state index contributed by atoms with van der Waals surface area (Å²) in [6.45, 7) is 0. The first-order valence-corrected chi connectivity index (χ1v) is 34.7. The molecule has 0 spiro atoms. The number of hydrogen-bond acceptors (Lipinski definition) is 0. The lowest BCUT2D eigenvalue weighted by atomic mass is 9.77. The lowest BCUT2D eigenvalue weighted by Gasteiger charge is -2.29. The molecule has 0 atom stereocenters. The lowest BCUT2D eigenvalue weighted by molar-refractivity contribution is 1.09. The van der Waals surface area contributed by atoms with Crippen LogP contribution in [0.2, 0.25) is 0 Å². The van der Waals surface area contributed by atoms with Crippen molar-refractivity contribution in [3.8, 4) is 67.3 Å². The molecule has 0 fully saturated rings. The Morgan fingerprint density at radius 2 is 0.230 bits per heavy atom. The van der Waals surface area contributed by atoms with Crippen LogP contribution in [-0.4, -0.2) is 18.3 Å². The van der Waals surface area contributed by atoms with Gasteiger partial charge in [-0.05, 0) is 206 Å². The molecule has 0 aliphatic heterocycles. The number of hydrogen-bond donors (Lipinski definition) is 0. The van der Waals surface area contributed by atoms with Crippen molar-refractivity contribution in [3.05, 3.63) is 340 Å². The zero-order valence-corrected chi connectivity index (χ0v) is 54.1. The average Bonchev–Trinajstić information content (AvgIpc) is 1.52. The predicted molar refractivity (Wildman–Crippen MR) is 424 cm³/mol. The third kappa shape index (κ3) is 7.22. The number of fused-ring (bicyclic) bond motifs is 32. The van der Waals surface area contributed by atoms with E-state index in [0.717, 1.165) is 111 Å². The number of benzene rings is 18. The molecule has 0 amide bonds. The summed E-state index contributed by atoms with van der Waals surface area (Å²) in [4.78, 5) is 0. The topological polar surface area (TPSA) is 19.7 Å². The van der Waals surface area contributed by atoms with Gasteiger partial charge in [-0.25, -0.2) is 0 Å². The number of aromatic nitrogens is 4. The minimum atomic E-state index is 1.09. The predicted octanol–water partition coefficient (Wildman–Crippen LogP) is 26.0. The second kappa shape index (κ2) is 20.2. The minimum absolute atomic E-state index is 1.09. The van der Waals surface area contributed by atoms with Crippen molar-refractivity contribution in [2.45, 2.75) is 0 Å². The van der Waals surface area contributed by atoms with Gasteiger partial charge in [-0.3, -0.25) is 0 Å². The van der Waals surface area contributed by atoms with Crippen molar-refractivity contribution in [1.29, 1.82) is 0 Å². The summed E-state index contributed by atoms with van der Waals surface area (Å²) >= 11 is 0. The van der Waals surface area contributed by atoms with Crippen LogP contribution in [0.15, 0.2) is 340 Å². The van der Waals surface area contributed by atoms with E-state index < -0.39 is 0 Å². The van der Waals surface area contributed by atoms with Crippen LogP contribution in [0, 0.1) is 0 Å². The minimum Gasteiger partial charge on any atom is -0.307 e. The van der Waals surface area contributed by atoms with Gasteiger partial charge in [-0.15, -0.1) is 0 Å². The van der Waals surface area contributed by atoms with Gasteiger partial charge < -0.3 is 18.3 Å². The second-order valence-corrected chi connectivity index (χ2v) is 27.3. The van der Waals surface area contributed by atoms with Crippen LogP contribution in [0.5, 0.6) is 0 Å². The van der Waals surface area contributed by atoms with Gasteiger partial charge in [0, 0.05) is 43.1 Å². The first-order chi connectivity index (χ1) is 49.7. The molecule has 0 saturated carbocycles. The number of rotatable bonds is 4. The molecule has 0 N–H and O–H groups in total. The molecule has 460 valence electrons. The van der Waals surface area contributed by atoms with Crippen LogP contribution in [0.4, 0.5) is 0 Å². The largest absolute Gasteiger partial charge is 0.307 e. The third-order valence-corrected chi connectivity index (χ3v) is 22.4. The van der Waals surface area contributed by atoms with Gasteiger partial charge in [-0.1, -0.05) is 243 Å². The molecule has 0 saturated heterocycles. The van der Waals surface area contributed by atoms with E-state index in [-0.39, 0.29) is 0 Å². The smallest absolute Gasteiger partial charge is 0.0709 e. The zero-order chi connectivity index (χ0) is 65.0. The van der Waals surface area contributed by atoms with E-state index in [9.17, 15) is 0 Å². The fraction of sp³-hybridized carbons (Fsp3) is 0. The molecule has 4 aromatic heterocycles. The Morgan fingerprint density at radius 3 is 0.390 bits per heavy atom. The van der Waals surface area contributed by atoms with E-state index >= 15 is 0 Å². The maximum absolute atomic E-state index is 2.60. The maximum atomic E-state index is 2.60. The van der Waals surface area contributed by atoms with E-state index in [2.05, 4.69) is 358 Å². The number of nitrogens with zero attached hydrogens (tertiary/aromatic N) is 4. The molecular formula is C96H56N4. The van der Waals surface area contributed by atoms with E-state index in [1.54, 1.807) is 0 Å². The summed E-state index contributed by atoms with van der Waals surface area (Å²) in [7, 11) is 0. The molecule has 4 nitrogen and oxygen atoms in total. The second-order valence-electron chi connectivity index (χ2n) is 27.3. The molecule has 23 rings (SSSR count). The van der Waals surface area contributed by atoms with Crippen LogP contribution in [0.25, 0.3) is 219 Å². The van der Waals surface area contributed by atoms with E-state index in [1.165, 1.54) is 108 Å². The van der Waals surface area contributed by atoms with E-state index in [1.807, 2.05) is 0 Å². The van der Waals surface area contributed by atoms with Gasteiger partial charge in [0.2, 0.25) is 0 Å². The zero-order valence-electron chi connectivity index (χ0n) is 54.1. The van der Waals surface area contributed by atoms with E-state index in [0.29, 0.717) is 0 Å². The van der Waals surface area contributed by atoms with Crippen LogP contribution in [-0.2, 0) is 0 Å². The Kier molecular flexibility index (Phi) is 10.9. The standard InChI is InChI=1S/C96H56N4/c1-5-29-61-57(25-1)58-26-2-6-30-62(58)74-50-78-77(49-73(61)74)81-53-93(97-85-41-17-9-33-65(85)66-34-10-18-42-86(66)97)95(99-89-45-21-13-37-69(89)70-38-14-22-46-90(70)99)55-83(81)79-51-75-63-31-7-3-27-59(63)60-28-4-8-32-64(60)76(75)52-80(79)84-56-96(100-91-47-23-15-39-71(91)72-40-16-24-48-92(72)100)94(54-82(78)84)98-87-43-19-11-35-67(87)68-36-12-20-44-88(68)98/h1-56H. The lowest BCUT2D eigenvalue weighted by Crippen LogP contribution is -2.08. The highest BCUT2D eigenvalue weighted by Crippen LogP contribution is 2.56. The molecule has 1 aliphatic carbocycles. The molecule has 0 radical (unpaired) electrons. The summed E-state index contributed by atoms with van der Waals surface area (Å²) in [6, 6.07) is 129. The molecule has 22 aromatic rings. The summed E-state index contributed by atoms with van der Waals surface area (Å²) in [5, 5.41) is 24.4. The Morgan fingerprint density at radius 1 is 0.110 bits per heavy atom. The van der Waals surface area contributed by atoms with Crippen LogP contribution in [0.3, 0.4) is 0 Å². The molecule has 100 heavy (non-hydrogen) atoms. The fourth-order valence-corrected chi connectivity index (χ4v) is 18.3. The summed E-state index contributed by atoms with van der Waals surface area (Å²) in [5.41, 5.74) is 22.8.